The summed E-state index contributed by atoms with van der Waals surface area (Å²) in [6.45, 7) is 22.4. The van der Waals surface area contributed by atoms with Gasteiger partial charge in [0.15, 0.2) is 0 Å². The third-order valence-electron chi connectivity index (χ3n) is 9.43. The highest BCUT2D eigenvalue weighted by molar-refractivity contribution is 6.99. The molecule has 2 saturated carbocycles. The molecule has 2 aliphatic rings. The molecule has 2 aromatic rings. The first-order chi connectivity index (χ1) is 22.7. The first-order valence-corrected chi connectivity index (χ1v) is 20.1. The number of hydrogen-bond acceptors (Lipinski definition) is 6. The van der Waals surface area contributed by atoms with Crippen LogP contribution in [0.4, 0.5) is 9.59 Å². The molecule has 49 heavy (non-hydrogen) atoms. The highest BCUT2D eigenvalue weighted by atomic mass is 28.4. The van der Waals surface area contributed by atoms with E-state index in [4.69, 9.17) is 13.9 Å². The number of benzene rings is 2. The minimum atomic E-state index is -2.56. The van der Waals surface area contributed by atoms with Gasteiger partial charge in [-0.2, -0.15) is 0 Å². The van der Waals surface area contributed by atoms with Crippen molar-refractivity contribution in [1.29, 1.82) is 0 Å². The maximum Gasteiger partial charge on any atom is 0.407 e. The number of aliphatic hydroxyl groups is 1. The lowest BCUT2D eigenvalue weighted by atomic mass is 9.84. The molecular formula is C40H64N2O6Si. The number of hydrogen-bond donors (Lipinski definition) is 3. The largest absolute Gasteiger partial charge is 0.444 e. The van der Waals surface area contributed by atoms with Crippen LogP contribution in [0.25, 0.3) is 0 Å². The number of carbonyl (C=O) groups is 2. The fraction of sp³-hybridized carbons (Fsp3) is 0.650. The smallest absolute Gasteiger partial charge is 0.407 e. The van der Waals surface area contributed by atoms with E-state index in [9.17, 15) is 14.7 Å². The maximum absolute atomic E-state index is 12.3. The Morgan fingerprint density at radius 3 is 1.43 bits per heavy atom. The first-order valence-electron chi connectivity index (χ1n) is 18.2. The fourth-order valence-corrected chi connectivity index (χ4v) is 11.8. The zero-order valence-corrected chi connectivity index (χ0v) is 33.0. The minimum absolute atomic E-state index is 0.0371. The number of rotatable bonds is 6. The van der Waals surface area contributed by atoms with Crippen LogP contribution in [0, 0.1) is 11.8 Å². The van der Waals surface area contributed by atoms with Crippen molar-refractivity contribution in [2.75, 3.05) is 0 Å². The van der Waals surface area contributed by atoms with E-state index < -0.39 is 19.5 Å². The van der Waals surface area contributed by atoms with E-state index in [1.54, 1.807) is 0 Å². The van der Waals surface area contributed by atoms with E-state index in [0.29, 0.717) is 11.8 Å². The lowest BCUT2D eigenvalue weighted by molar-refractivity contribution is 0.0399. The summed E-state index contributed by atoms with van der Waals surface area (Å²) < 4.78 is 18.0. The third-order valence-corrected chi connectivity index (χ3v) is 14.5. The van der Waals surface area contributed by atoms with Gasteiger partial charge in [0.05, 0.1) is 6.10 Å². The topological polar surface area (TPSA) is 106 Å². The maximum atomic E-state index is 12.3. The van der Waals surface area contributed by atoms with Crippen LogP contribution in [0.1, 0.15) is 115 Å². The molecule has 4 rings (SSSR count). The van der Waals surface area contributed by atoms with E-state index in [-0.39, 0.29) is 41.5 Å². The summed E-state index contributed by atoms with van der Waals surface area (Å²) in [5, 5.41) is 18.0. The molecule has 0 aromatic heterocycles. The van der Waals surface area contributed by atoms with Crippen molar-refractivity contribution >= 4 is 30.9 Å². The van der Waals surface area contributed by atoms with Crippen molar-refractivity contribution in [3.63, 3.8) is 0 Å². The number of amides is 2. The van der Waals surface area contributed by atoms with Crippen LogP contribution in [0.15, 0.2) is 60.7 Å². The Balaban J connectivity index is 0.000000341. The summed E-state index contributed by atoms with van der Waals surface area (Å²) in [5.74, 6) is 0.616. The summed E-state index contributed by atoms with van der Waals surface area (Å²) >= 11 is 0. The summed E-state index contributed by atoms with van der Waals surface area (Å²) in [6, 6.07) is 21.8. The zero-order valence-electron chi connectivity index (χ0n) is 32.0. The van der Waals surface area contributed by atoms with Gasteiger partial charge in [0.25, 0.3) is 8.32 Å². The van der Waals surface area contributed by atoms with E-state index in [1.807, 2.05) is 48.5 Å². The molecule has 0 saturated heterocycles. The normalized spacial score (nSPS) is 24.9. The summed E-state index contributed by atoms with van der Waals surface area (Å²) in [5.41, 5.74) is -0.946. The van der Waals surface area contributed by atoms with Gasteiger partial charge in [-0.25, -0.2) is 9.59 Å². The summed E-state index contributed by atoms with van der Waals surface area (Å²) in [4.78, 5) is 23.9. The fourth-order valence-electron chi connectivity index (χ4n) is 7.11. The van der Waals surface area contributed by atoms with E-state index in [1.165, 1.54) is 10.4 Å². The molecule has 2 aliphatic carbocycles. The number of alkyl carbamates (subject to hydrolysis) is 2. The molecule has 2 unspecified atom stereocenters. The van der Waals surface area contributed by atoms with E-state index in [2.05, 4.69) is 99.0 Å². The Labute approximate surface area is 297 Å². The molecule has 0 heterocycles. The molecule has 8 nitrogen and oxygen atoms in total. The predicted molar refractivity (Wildman–Crippen MR) is 201 cm³/mol. The lowest BCUT2D eigenvalue weighted by Gasteiger charge is -2.47. The van der Waals surface area contributed by atoms with Gasteiger partial charge in [-0.3, -0.25) is 0 Å². The van der Waals surface area contributed by atoms with Crippen molar-refractivity contribution in [3.8, 4) is 0 Å². The van der Waals surface area contributed by atoms with Gasteiger partial charge in [-0.15, -0.1) is 0 Å². The summed E-state index contributed by atoms with van der Waals surface area (Å²) in [6.07, 6.45) is 4.32. The monoisotopic (exact) mass is 696 g/mol. The van der Waals surface area contributed by atoms with Gasteiger partial charge in [0.2, 0.25) is 0 Å². The Hall–Kier alpha value is -2.88. The molecule has 2 fully saturated rings. The van der Waals surface area contributed by atoms with Crippen molar-refractivity contribution in [1.82, 2.24) is 10.6 Å². The Bertz CT molecular complexity index is 1280. The van der Waals surface area contributed by atoms with E-state index >= 15 is 0 Å². The Morgan fingerprint density at radius 2 is 1.06 bits per heavy atom. The van der Waals surface area contributed by atoms with Gasteiger partial charge in [0, 0.05) is 18.2 Å². The highest BCUT2D eigenvalue weighted by Crippen LogP contribution is 2.40. The van der Waals surface area contributed by atoms with Gasteiger partial charge in [-0.05, 0) is 107 Å². The van der Waals surface area contributed by atoms with E-state index in [0.717, 1.165) is 38.5 Å². The molecule has 274 valence electrons. The number of ether oxygens (including phenoxy) is 2. The molecule has 2 amide bonds. The van der Waals surface area contributed by atoms with Crippen LogP contribution in [-0.2, 0) is 13.9 Å². The van der Waals surface area contributed by atoms with Crippen LogP contribution in [-0.4, -0.2) is 61.1 Å². The zero-order chi connectivity index (χ0) is 36.6. The Kier molecular flexibility index (Phi) is 14.0. The average molecular weight is 697 g/mol. The van der Waals surface area contributed by atoms with Crippen LogP contribution in [0.2, 0.25) is 5.04 Å². The van der Waals surface area contributed by atoms with Crippen molar-refractivity contribution in [3.05, 3.63) is 60.7 Å². The number of aliphatic hydroxyl groups excluding tert-OH is 1. The predicted octanol–water partition coefficient (Wildman–Crippen LogP) is 7.71. The highest BCUT2D eigenvalue weighted by Gasteiger charge is 2.52. The first kappa shape index (κ1) is 40.5. The van der Waals surface area contributed by atoms with Gasteiger partial charge < -0.3 is 29.6 Å². The minimum Gasteiger partial charge on any atom is -0.444 e. The van der Waals surface area contributed by atoms with Crippen molar-refractivity contribution in [2.24, 2.45) is 11.8 Å². The van der Waals surface area contributed by atoms with Crippen LogP contribution in [0.3, 0.4) is 0 Å². The molecule has 6 atom stereocenters. The van der Waals surface area contributed by atoms with Crippen LogP contribution in [0.5, 0.6) is 0 Å². The van der Waals surface area contributed by atoms with Crippen LogP contribution < -0.4 is 21.0 Å². The quantitative estimate of drug-likeness (QED) is 0.267. The van der Waals surface area contributed by atoms with Crippen molar-refractivity contribution < 1.29 is 28.6 Å². The number of carbonyl (C=O) groups excluding carboxylic acids is 2. The molecule has 3 N–H and O–H groups in total. The molecule has 9 heteroatoms. The second-order valence-electron chi connectivity index (χ2n) is 17.1. The van der Waals surface area contributed by atoms with Gasteiger partial charge in [0.1, 0.15) is 11.2 Å². The molecule has 0 aliphatic heterocycles. The third kappa shape index (κ3) is 12.1. The Morgan fingerprint density at radius 1 is 0.653 bits per heavy atom. The lowest BCUT2D eigenvalue weighted by Crippen LogP contribution is -2.68. The summed E-state index contributed by atoms with van der Waals surface area (Å²) in [7, 11) is -2.56. The SMILES string of the molecule is C[C@@H]1CC(O)CC[C@@H]1NC(=O)OC(C)(C)C.C[C@@H]1CC(O[Si](c2ccccc2)(c2ccccc2)C(C)(C)C)CC[C@@H]1NC(=O)OC(C)(C)C. The molecule has 2 aromatic carbocycles. The van der Waals surface area contributed by atoms with Crippen LogP contribution >= 0.6 is 0 Å². The standard InChI is InChI=1S/C28H41NO3Si.C12H23NO3/c1-21-20-22(18-19-25(21)29-26(30)31-27(2,3)4)32-33(28(5,6)7,23-14-10-8-11-15-23)24-16-12-9-13-17-24;1-8-7-9(14)5-6-10(8)13-11(15)16-12(2,3)4/h8-17,21-22,25H,18-20H2,1-7H3,(H,29,30);8-10,14H,5-7H2,1-4H3,(H,13,15)/t21-,22?,25+;8-,9?,10+/m11/s1. The molecule has 0 radical (unpaired) electrons. The van der Waals surface area contributed by atoms with Crippen molar-refractivity contribution in [2.45, 2.75) is 155 Å². The molecule has 0 bridgehead atoms. The van der Waals surface area contributed by atoms with Gasteiger partial charge >= 0.3 is 12.2 Å². The average Bonchev–Trinajstić information content (AvgIpc) is 2.97. The second-order valence-corrected chi connectivity index (χ2v) is 21.4. The van der Waals surface area contributed by atoms with Gasteiger partial charge in [-0.1, -0.05) is 95.3 Å². The molecular weight excluding hydrogens is 633 g/mol. The second kappa shape index (κ2) is 16.9. The molecule has 0 spiro atoms. The number of nitrogens with one attached hydrogen (secondary N) is 2.